The smallest absolute Gasteiger partial charge is 0.243 e. The summed E-state index contributed by atoms with van der Waals surface area (Å²) in [4.78, 5) is 0.254. The van der Waals surface area contributed by atoms with E-state index >= 15 is 0 Å². The molecule has 2 unspecified atom stereocenters. The molecule has 21 heavy (non-hydrogen) atoms. The van der Waals surface area contributed by atoms with Crippen molar-refractivity contribution in [3.63, 3.8) is 0 Å². The number of piperidine rings is 1. The molecule has 0 saturated carbocycles. The van der Waals surface area contributed by atoms with E-state index < -0.39 is 10.0 Å². The predicted octanol–water partition coefficient (Wildman–Crippen LogP) is 1.78. The summed E-state index contributed by atoms with van der Waals surface area (Å²) in [5.41, 5.74) is 6.45. The number of nitrogens with two attached hydrogens (primary N) is 1. The minimum absolute atomic E-state index is 0.0606. The molecule has 1 aromatic carbocycles. The molecule has 1 aliphatic rings. The third kappa shape index (κ3) is 3.40. The second kappa shape index (κ2) is 6.62. The molecule has 7 heteroatoms. The lowest BCUT2D eigenvalue weighted by Crippen LogP contribution is -2.51. The number of methoxy groups -OCH3 is 1. The van der Waals surface area contributed by atoms with Gasteiger partial charge < -0.3 is 10.5 Å². The normalized spacial score (nSPS) is 24.2. The van der Waals surface area contributed by atoms with Crippen LogP contribution in [-0.2, 0) is 14.8 Å². The van der Waals surface area contributed by atoms with Crippen LogP contribution in [0.3, 0.4) is 0 Å². The number of hydrogen-bond acceptors (Lipinski definition) is 4. The SMILES string of the molecule is COC1CCN(S(=O)(=O)c2cc(Cl)ccc2C)C(CN)C1. The van der Waals surface area contributed by atoms with Crippen LogP contribution in [0.4, 0.5) is 0 Å². The third-order valence-electron chi connectivity index (χ3n) is 3.96. The number of ether oxygens (including phenoxy) is 1. The Kier molecular flexibility index (Phi) is 5.27. The van der Waals surface area contributed by atoms with Gasteiger partial charge in [-0.05, 0) is 37.5 Å². The zero-order valence-corrected chi connectivity index (χ0v) is 13.8. The van der Waals surface area contributed by atoms with Gasteiger partial charge in [0.2, 0.25) is 10.0 Å². The van der Waals surface area contributed by atoms with E-state index in [4.69, 9.17) is 22.1 Å². The van der Waals surface area contributed by atoms with Crippen LogP contribution < -0.4 is 5.73 Å². The van der Waals surface area contributed by atoms with Crippen LogP contribution in [0.25, 0.3) is 0 Å². The zero-order valence-electron chi connectivity index (χ0n) is 12.3. The summed E-state index contributed by atoms with van der Waals surface area (Å²) in [7, 11) is -1.95. The number of hydrogen-bond donors (Lipinski definition) is 1. The Morgan fingerprint density at radius 2 is 2.19 bits per heavy atom. The van der Waals surface area contributed by atoms with Gasteiger partial charge >= 0.3 is 0 Å². The average molecular weight is 333 g/mol. The van der Waals surface area contributed by atoms with Gasteiger partial charge in [0, 0.05) is 31.3 Å². The molecule has 0 amide bonds. The standard InChI is InChI=1S/C14H21ClN2O3S/c1-10-3-4-11(15)7-14(10)21(18,19)17-6-5-13(20-2)8-12(17)9-16/h3-4,7,12-13H,5-6,8-9,16H2,1-2H3. The van der Waals surface area contributed by atoms with Crippen molar-refractivity contribution in [2.45, 2.75) is 36.8 Å². The van der Waals surface area contributed by atoms with Crippen molar-refractivity contribution in [3.05, 3.63) is 28.8 Å². The summed E-state index contributed by atoms with van der Waals surface area (Å²) in [6.45, 7) is 2.45. The van der Waals surface area contributed by atoms with Crippen molar-refractivity contribution >= 4 is 21.6 Å². The first-order chi connectivity index (χ1) is 9.90. The van der Waals surface area contributed by atoms with E-state index in [0.29, 0.717) is 30.0 Å². The highest BCUT2D eigenvalue weighted by molar-refractivity contribution is 7.89. The first kappa shape index (κ1) is 16.7. The van der Waals surface area contributed by atoms with E-state index in [9.17, 15) is 8.42 Å². The van der Waals surface area contributed by atoms with Gasteiger partial charge in [0.05, 0.1) is 11.0 Å². The fourth-order valence-electron chi connectivity index (χ4n) is 2.72. The molecule has 118 valence electrons. The van der Waals surface area contributed by atoms with Gasteiger partial charge in [-0.25, -0.2) is 8.42 Å². The second-order valence-corrected chi connectivity index (χ2v) is 7.59. The lowest BCUT2D eigenvalue weighted by Gasteiger charge is -2.37. The fourth-order valence-corrected chi connectivity index (χ4v) is 4.87. The van der Waals surface area contributed by atoms with Crippen molar-refractivity contribution < 1.29 is 13.2 Å². The van der Waals surface area contributed by atoms with E-state index in [1.54, 1.807) is 26.2 Å². The van der Waals surface area contributed by atoms with Gasteiger partial charge in [-0.2, -0.15) is 4.31 Å². The molecule has 0 aliphatic carbocycles. The first-order valence-corrected chi connectivity index (χ1v) is 8.72. The molecule has 0 bridgehead atoms. The minimum Gasteiger partial charge on any atom is -0.381 e. The van der Waals surface area contributed by atoms with Crippen molar-refractivity contribution in [3.8, 4) is 0 Å². The number of sulfonamides is 1. The average Bonchev–Trinajstić information content (AvgIpc) is 2.48. The van der Waals surface area contributed by atoms with Gasteiger partial charge in [0.1, 0.15) is 0 Å². The number of aryl methyl sites for hydroxylation is 1. The maximum atomic E-state index is 12.9. The van der Waals surface area contributed by atoms with Gasteiger partial charge in [0.15, 0.2) is 0 Å². The van der Waals surface area contributed by atoms with Gasteiger partial charge in [-0.1, -0.05) is 17.7 Å². The highest BCUT2D eigenvalue weighted by Crippen LogP contribution is 2.29. The molecule has 0 spiro atoms. The number of nitrogens with zero attached hydrogens (tertiary/aromatic N) is 1. The van der Waals surface area contributed by atoms with E-state index in [-0.39, 0.29) is 23.6 Å². The van der Waals surface area contributed by atoms with Crippen molar-refractivity contribution in [2.75, 3.05) is 20.2 Å². The Hall–Kier alpha value is -0.660. The van der Waals surface area contributed by atoms with Crippen LogP contribution in [0.1, 0.15) is 18.4 Å². The Bertz CT molecular complexity index is 606. The van der Waals surface area contributed by atoms with E-state index in [0.717, 1.165) is 0 Å². The third-order valence-corrected chi connectivity index (χ3v) is 6.28. The van der Waals surface area contributed by atoms with Crippen LogP contribution in [0.5, 0.6) is 0 Å². The molecule has 2 rings (SSSR count). The highest BCUT2D eigenvalue weighted by Gasteiger charge is 2.36. The second-order valence-electron chi connectivity index (χ2n) is 5.30. The number of rotatable bonds is 4. The molecular formula is C14H21ClN2O3S. The lowest BCUT2D eigenvalue weighted by molar-refractivity contribution is 0.0401. The summed E-state index contributed by atoms with van der Waals surface area (Å²) in [5, 5.41) is 0.412. The highest BCUT2D eigenvalue weighted by atomic mass is 35.5. The van der Waals surface area contributed by atoms with E-state index in [1.165, 1.54) is 10.4 Å². The van der Waals surface area contributed by atoms with Crippen LogP contribution in [-0.4, -0.2) is 45.1 Å². The zero-order chi connectivity index (χ0) is 15.6. The largest absolute Gasteiger partial charge is 0.381 e. The fraction of sp³-hybridized carbons (Fsp3) is 0.571. The molecule has 1 aromatic rings. The maximum absolute atomic E-state index is 12.9. The molecular weight excluding hydrogens is 312 g/mol. The Labute approximate surface area is 131 Å². The lowest BCUT2D eigenvalue weighted by atomic mass is 10.0. The number of benzene rings is 1. The predicted molar refractivity (Wildman–Crippen MR) is 83.0 cm³/mol. The van der Waals surface area contributed by atoms with Gasteiger partial charge in [-0.3, -0.25) is 0 Å². The summed E-state index contributed by atoms with van der Waals surface area (Å²) in [6, 6.07) is 4.66. The molecule has 1 aliphatic heterocycles. The van der Waals surface area contributed by atoms with Crippen LogP contribution in [0.2, 0.25) is 5.02 Å². The van der Waals surface area contributed by atoms with E-state index in [2.05, 4.69) is 0 Å². The molecule has 1 heterocycles. The summed E-state index contributed by atoms with van der Waals surface area (Å²) >= 11 is 5.95. The molecule has 0 radical (unpaired) electrons. The van der Waals surface area contributed by atoms with E-state index in [1.807, 2.05) is 0 Å². The Balaban J connectivity index is 2.36. The van der Waals surface area contributed by atoms with Gasteiger partial charge in [0.25, 0.3) is 0 Å². The first-order valence-electron chi connectivity index (χ1n) is 6.91. The van der Waals surface area contributed by atoms with Crippen LogP contribution in [0.15, 0.2) is 23.1 Å². The van der Waals surface area contributed by atoms with Crippen LogP contribution >= 0.6 is 11.6 Å². The minimum atomic E-state index is -3.59. The van der Waals surface area contributed by atoms with Crippen molar-refractivity contribution in [1.82, 2.24) is 4.31 Å². The monoisotopic (exact) mass is 332 g/mol. The molecule has 1 fully saturated rings. The summed E-state index contributed by atoms with van der Waals surface area (Å²) in [5.74, 6) is 0. The van der Waals surface area contributed by atoms with Crippen molar-refractivity contribution in [1.29, 1.82) is 0 Å². The van der Waals surface area contributed by atoms with Crippen LogP contribution in [0, 0.1) is 6.92 Å². The topological polar surface area (TPSA) is 72.6 Å². The quantitative estimate of drug-likeness (QED) is 0.912. The molecule has 2 N–H and O–H groups in total. The molecule has 5 nitrogen and oxygen atoms in total. The Morgan fingerprint density at radius 1 is 1.48 bits per heavy atom. The van der Waals surface area contributed by atoms with Crippen molar-refractivity contribution in [2.24, 2.45) is 5.73 Å². The molecule has 0 aromatic heterocycles. The molecule has 1 saturated heterocycles. The van der Waals surface area contributed by atoms with Gasteiger partial charge in [-0.15, -0.1) is 0 Å². The summed E-state index contributed by atoms with van der Waals surface area (Å²) in [6.07, 6.45) is 1.35. The maximum Gasteiger partial charge on any atom is 0.243 e. The molecule has 2 atom stereocenters. The Morgan fingerprint density at radius 3 is 2.81 bits per heavy atom. The number of halogens is 1. The summed E-state index contributed by atoms with van der Waals surface area (Å²) < 4.78 is 32.6.